The Morgan fingerprint density at radius 1 is 0.816 bits per heavy atom. The smallest absolute Gasteiger partial charge is 0.329 e. The van der Waals surface area contributed by atoms with Crippen molar-refractivity contribution in [1.29, 1.82) is 0 Å². The van der Waals surface area contributed by atoms with E-state index >= 15 is 0 Å². The molecule has 6 unspecified atom stereocenters. The first kappa shape index (κ1) is 41.0. The number of hydrogen-bond donors (Lipinski definition) is 2. The van der Waals surface area contributed by atoms with Gasteiger partial charge in [-0.2, -0.15) is 0 Å². The molecule has 2 rings (SSSR count). The van der Waals surface area contributed by atoms with Crippen LogP contribution in [0, 0.1) is 23.7 Å². The fraction of sp³-hybridized carbons (Fsp3) is 0.667. The van der Waals surface area contributed by atoms with Crippen molar-refractivity contribution in [2.75, 3.05) is 27.7 Å². The molecule has 0 aromatic heterocycles. The van der Waals surface area contributed by atoms with Gasteiger partial charge in [0.2, 0.25) is 11.8 Å². The van der Waals surface area contributed by atoms with Crippen molar-refractivity contribution in [3.8, 4) is 5.75 Å². The lowest BCUT2D eigenvalue weighted by Gasteiger charge is -2.36. The summed E-state index contributed by atoms with van der Waals surface area (Å²) in [6.45, 7) is 13.5. The molecule has 1 heterocycles. The molecule has 0 radical (unpaired) electrons. The average Bonchev–Trinajstić information content (AvgIpc) is 3.05. The van der Waals surface area contributed by atoms with E-state index in [0.717, 1.165) is 5.56 Å². The number of carbonyl (C=O) groups is 6. The van der Waals surface area contributed by atoms with Gasteiger partial charge in [-0.3, -0.25) is 24.0 Å². The summed E-state index contributed by atoms with van der Waals surface area (Å²) in [4.78, 5) is 84.5. The number of carbonyl (C=O) groups excluding carboxylic acids is 6. The van der Waals surface area contributed by atoms with Gasteiger partial charge in [-0.1, -0.05) is 67.0 Å². The van der Waals surface area contributed by atoms with Crippen LogP contribution in [-0.4, -0.2) is 103 Å². The van der Waals surface area contributed by atoms with Gasteiger partial charge in [0.25, 0.3) is 11.8 Å². The second-order valence-corrected chi connectivity index (χ2v) is 13.8. The first-order valence-electron chi connectivity index (χ1n) is 17.1. The molecule has 1 aliphatic rings. The Balaban J connectivity index is 2.64. The van der Waals surface area contributed by atoms with Crippen LogP contribution in [0.25, 0.3) is 0 Å². The van der Waals surface area contributed by atoms with Crippen LogP contribution in [0.5, 0.6) is 5.75 Å². The number of nitrogens with one attached hydrogen (secondary N) is 2. The zero-order valence-corrected chi connectivity index (χ0v) is 30.9. The van der Waals surface area contributed by atoms with Crippen LogP contribution >= 0.6 is 0 Å². The molecule has 1 aliphatic heterocycles. The maximum absolute atomic E-state index is 14.1. The van der Waals surface area contributed by atoms with Crippen LogP contribution < -0.4 is 15.4 Å². The average molecular weight is 689 g/mol. The van der Waals surface area contributed by atoms with Gasteiger partial charge in [0.15, 0.2) is 12.2 Å². The van der Waals surface area contributed by atoms with E-state index in [2.05, 4.69) is 10.6 Å². The SMILES string of the molecule is CCCC1NC(=O)CNC(=O)C(Cc2ccc(OC)cc2)N(C)C(=O)C(C(C)C)OC(=O)C(C(C)C)N(C)C(=O)C(C(C)C)OC(=O)C1C. The summed E-state index contributed by atoms with van der Waals surface area (Å²) in [6.07, 6.45) is -1.36. The highest BCUT2D eigenvalue weighted by molar-refractivity contribution is 5.94. The topological polar surface area (TPSA) is 161 Å². The Morgan fingerprint density at radius 3 is 1.84 bits per heavy atom. The summed E-state index contributed by atoms with van der Waals surface area (Å²) in [5, 5.41) is 5.48. The third kappa shape index (κ3) is 10.9. The number of esters is 2. The van der Waals surface area contributed by atoms with Crippen LogP contribution in [0.15, 0.2) is 24.3 Å². The maximum atomic E-state index is 14.1. The van der Waals surface area contributed by atoms with Crippen molar-refractivity contribution in [2.45, 2.75) is 105 Å². The number of nitrogens with zero attached hydrogens (tertiary/aromatic N) is 2. The summed E-state index contributed by atoms with van der Waals surface area (Å²) in [5.41, 5.74) is 0.719. The Labute approximate surface area is 290 Å². The summed E-state index contributed by atoms with van der Waals surface area (Å²) in [5.74, 6) is -5.44. The van der Waals surface area contributed by atoms with E-state index in [0.29, 0.717) is 18.6 Å². The van der Waals surface area contributed by atoms with E-state index in [1.54, 1.807) is 72.7 Å². The van der Waals surface area contributed by atoms with Gasteiger partial charge in [0.05, 0.1) is 19.6 Å². The Hall–Kier alpha value is -4.16. The van der Waals surface area contributed by atoms with Crippen LogP contribution in [0.4, 0.5) is 0 Å². The molecule has 0 aliphatic carbocycles. The fourth-order valence-electron chi connectivity index (χ4n) is 5.80. The van der Waals surface area contributed by atoms with Gasteiger partial charge in [-0.05, 0) is 48.8 Å². The molecule has 0 bridgehead atoms. The first-order valence-corrected chi connectivity index (χ1v) is 17.1. The molecule has 0 saturated carbocycles. The van der Waals surface area contributed by atoms with E-state index in [9.17, 15) is 28.8 Å². The third-order valence-corrected chi connectivity index (χ3v) is 8.87. The van der Waals surface area contributed by atoms with E-state index in [1.165, 1.54) is 31.0 Å². The molecule has 2 N–H and O–H groups in total. The van der Waals surface area contributed by atoms with E-state index in [-0.39, 0.29) is 6.42 Å². The Kier molecular flexibility index (Phi) is 15.5. The molecule has 0 spiro atoms. The molecule has 1 fully saturated rings. The summed E-state index contributed by atoms with van der Waals surface area (Å²) in [6, 6.07) is 4.16. The lowest BCUT2D eigenvalue weighted by atomic mass is 9.96. The Bertz CT molecular complexity index is 1310. The van der Waals surface area contributed by atoms with Gasteiger partial charge in [0, 0.05) is 26.6 Å². The summed E-state index contributed by atoms with van der Waals surface area (Å²) < 4.78 is 16.9. The lowest BCUT2D eigenvalue weighted by molar-refractivity contribution is -0.175. The number of rotatable bonds is 8. The number of likely N-dealkylation sites (N-methyl/N-ethyl adjacent to an activating group) is 2. The van der Waals surface area contributed by atoms with Crippen molar-refractivity contribution in [2.24, 2.45) is 23.7 Å². The summed E-state index contributed by atoms with van der Waals surface area (Å²) >= 11 is 0. The quantitative estimate of drug-likeness (QED) is 0.392. The van der Waals surface area contributed by atoms with Crippen molar-refractivity contribution in [1.82, 2.24) is 20.4 Å². The third-order valence-electron chi connectivity index (χ3n) is 8.87. The predicted octanol–water partition coefficient (Wildman–Crippen LogP) is 2.73. The standard InChI is InChI=1S/C36H56N4O9/c1-12-13-26-23(8)35(45)48-31(22(6)7)34(44)40(10)29(20(2)3)36(46)49-30(21(4)5)33(43)39(9)27(32(42)37-19-28(41)38-26)18-24-14-16-25(47-11)17-15-24/h14-17,20-23,26-27,29-31H,12-13,18-19H2,1-11H3,(H,37,42)(H,38,41). The minimum Gasteiger partial charge on any atom is -0.497 e. The minimum absolute atomic E-state index is 0.0855. The summed E-state index contributed by atoms with van der Waals surface area (Å²) in [7, 11) is 4.43. The largest absolute Gasteiger partial charge is 0.497 e. The number of amides is 4. The molecular formula is C36H56N4O9. The van der Waals surface area contributed by atoms with Crippen LogP contribution in [-0.2, 0) is 44.7 Å². The van der Waals surface area contributed by atoms with Crippen molar-refractivity contribution >= 4 is 35.6 Å². The lowest BCUT2D eigenvalue weighted by Crippen LogP contribution is -2.56. The molecule has 1 aromatic rings. The highest BCUT2D eigenvalue weighted by Crippen LogP contribution is 2.23. The number of methoxy groups -OCH3 is 1. The van der Waals surface area contributed by atoms with Crippen molar-refractivity contribution < 1.29 is 43.0 Å². The molecule has 6 atom stereocenters. The van der Waals surface area contributed by atoms with Crippen molar-refractivity contribution in [3.63, 3.8) is 0 Å². The van der Waals surface area contributed by atoms with E-state index in [1.807, 2.05) is 6.92 Å². The highest BCUT2D eigenvalue weighted by Gasteiger charge is 2.42. The molecule has 1 saturated heterocycles. The molecule has 1 aromatic carbocycles. The Morgan fingerprint density at radius 2 is 1.35 bits per heavy atom. The second-order valence-electron chi connectivity index (χ2n) is 13.8. The number of hydrogen-bond acceptors (Lipinski definition) is 9. The normalized spacial score (nSPS) is 25.8. The second kappa shape index (κ2) is 18.6. The number of benzene rings is 1. The molecule has 49 heavy (non-hydrogen) atoms. The molecular weight excluding hydrogens is 632 g/mol. The first-order chi connectivity index (χ1) is 22.9. The molecule has 13 heteroatoms. The van der Waals surface area contributed by atoms with Crippen LogP contribution in [0.2, 0.25) is 0 Å². The number of cyclic esters (lactones) is 2. The van der Waals surface area contributed by atoms with Gasteiger partial charge in [-0.15, -0.1) is 0 Å². The molecule has 4 amide bonds. The van der Waals surface area contributed by atoms with Gasteiger partial charge < -0.3 is 34.6 Å². The predicted molar refractivity (Wildman–Crippen MR) is 183 cm³/mol. The number of ether oxygens (including phenoxy) is 3. The highest BCUT2D eigenvalue weighted by atomic mass is 16.6. The van der Waals surface area contributed by atoms with Crippen LogP contribution in [0.3, 0.4) is 0 Å². The van der Waals surface area contributed by atoms with E-state index in [4.69, 9.17) is 14.2 Å². The zero-order chi connectivity index (χ0) is 37.2. The van der Waals surface area contributed by atoms with E-state index < -0.39 is 96.1 Å². The fourth-order valence-corrected chi connectivity index (χ4v) is 5.80. The maximum Gasteiger partial charge on any atom is 0.329 e. The van der Waals surface area contributed by atoms with Crippen LogP contribution in [0.1, 0.15) is 73.8 Å². The van der Waals surface area contributed by atoms with Gasteiger partial charge >= 0.3 is 11.9 Å². The van der Waals surface area contributed by atoms with Gasteiger partial charge in [0.1, 0.15) is 17.8 Å². The monoisotopic (exact) mass is 688 g/mol. The van der Waals surface area contributed by atoms with Crippen molar-refractivity contribution in [3.05, 3.63) is 29.8 Å². The molecule has 13 nitrogen and oxygen atoms in total. The molecule has 274 valence electrons. The minimum atomic E-state index is -1.30. The zero-order valence-electron chi connectivity index (χ0n) is 30.9. The van der Waals surface area contributed by atoms with Gasteiger partial charge in [-0.25, -0.2) is 4.79 Å².